The second-order valence-electron chi connectivity index (χ2n) is 4.01. The Labute approximate surface area is 111 Å². The third-order valence-electron chi connectivity index (χ3n) is 2.41. The van der Waals surface area contributed by atoms with Crippen molar-refractivity contribution in [2.24, 2.45) is 5.73 Å². The molecule has 1 amide bonds. The molecule has 0 aromatic carbocycles. The summed E-state index contributed by atoms with van der Waals surface area (Å²) < 4.78 is 0. The maximum Gasteiger partial charge on any atom is 0.230 e. The molecule has 0 aliphatic carbocycles. The predicted octanol–water partition coefficient (Wildman–Crippen LogP) is 2.31. The molecule has 0 saturated heterocycles. The number of nitrogens with two attached hydrogens (primary N) is 1. The Kier molecular flexibility index (Phi) is 6.02. The number of amides is 1. The topological polar surface area (TPSA) is 55.1 Å². The van der Waals surface area contributed by atoms with Gasteiger partial charge in [-0.3, -0.25) is 4.79 Å². The first-order valence-corrected chi connectivity index (χ1v) is 7.67. The number of carbonyl (C=O) groups is 1. The highest BCUT2D eigenvalue weighted by atomic mass is 32.2. The lowest BCUT2D eigenvalue weighted by atomic mass is 10.1. The summed E-state index contributed by atoms with van der Waals surface area (Å²) >= 11 is 3.34. The number of hydrogen-bond donors (Lipinski definition) is 2. The van der Waals surface area contributed by atoms with Gasteiger partial charge in [-0.2, -0.15) is 0 Å². The highest BCUT2D eigenvalue weighted by Gasteiger charge is 2.20. The number of aryl methyl sites for hydroxylation is 1. The molecule has 0 bridgehead atoms. The molecule has 1 heterocycles. The fourth-order valence-electron chi connectivity index (χ4n) is 1.56. The van der Waals surface area contributed by atoms with E-state index in [0.29, 0.717) is 12.3 Å². The van der Waals surface area contributed by atoms with Crippen LogP contribution in [-0.2, 0) is 4.79 Å². The van der Waals surface area contributed by atoms with Crippen LogP contribution < -0.4 is 11.1 Å². The van der Waals surface area contributed by atoms with E-state index in [1.807, 2.05) is 13.8 Å². The van der Waals surface area contributed by atoms with Gasteiger partial charge in [0.2, 0.25) is 5.91 Å². The van der Waals surface area contributed by atoms with Crippen molar-refractivity contribution < 1.29 is 4.79 Å². The lowest BCUT2D eigenvalue weighted by molar-refractivity contribution is -0.118. The smallest absolute Gasteiger partial charge is 0.230 e. The van der Waals surface area contributed by atoms with E-state index in [1.54, 1.807) is 23.1 Å². The van der Waals surface area contributed by atoms with Crippen molar-refractivity contribution in [3.63, 3.8) is 0 Å². The Hall–Kier alpha value is -0.520. The zero-order valence-electron chi connectivity index (χ0n) is 10.5. The average Bonchev–Trinajstić information content (AvgIpc) is 2.65. The summed E-state index contributed by atoms with van der Waals surface area (Å²) in [5, 5.41) is 5.08. The minimum absolute atomic E-state index is 0.0479. The highest BCUT2D eigenvalue weighted by molar-refractivity contribution is 8.00. The van der Waals surface area contributed by atoms with Crippen LogP contribution in [0.2, 0.25) is 0 Å². The van der Waals surface area contributed by atoms with E-state index in [2.05, 4.69) is 23.7 Å². The molecule has 0 aliphatic heterocycles. The molecule has 0 spiro atoms. The van der Waals surface area contributed by atoms with Crippen LogP contribution in [0.25, 0.3) is 0 Å². The molecule has 17 heavy (non-hydrogen) atoms. The van der Waals surface area contributed by atoms with Gasteiger partial charge in [0, 0.05) is 17.5 Å². The quantitative estimate of drug-likeness (QED) is 0.835. The van der Waals surface area contributed by atoms with Crippen LogP contribution >= 0.6 is 23.1 Å². The number of hydrogen-bond acceptors (Lipinski definition) is 4. The summed E-state index contributed by atoms with van der Waals surface area (Å²) in [5.74, 6) is 0.551. The van der Waals surface area contributed by atoms with Crippen molar-refractivity contribution in [1.29, 1.82) is 0 Å². The van der Waals surface area contributed by atoms with Crippen LogP contribution in [0.3, 0.4) is 0 Å². The summed E-state index contributed by atoms with van der Waals surface area (Å²) in [4.78, 5) is 12.7. The van der Waals surface area contributed by atoms with Gasteiger partial charge in [-0.1, -0.05) is 0 Å². The van der Waals surface area contributed by atoms with Crippen LogP contribution in [-0.4, -0.2) is 24.2 Å². The number of thioether (sulfide) groups is 1. The van der Waals surface area contributed by atoms with Gasteiger partial charge in [0.1, 0.15) is 0 Å². The first-order valence-electron chi connectivity index (χ1n) is 5.74. The highest BCUT2D eigenvalue weighted by Crippen LogP contribution is 2.36. The second kappa shape index (κ2) is 7.03. The summed E-state index contributed by atoms with van der Waals surface area (Å²) in [6.07, 6.45) is 0. The molecule has 0 aliphatic rings. The molecule has 2 unspecified atom stereocenters. The molecule has 96 valence electrons. The Balaban J connectivity index is 2.62. The third kappa shape index (κ3) is 4.33. The van der Waals surface area contributed by atoms with Crippen LogP contribution in [0.4, 0.5) is 0 Å². The molecule has 0 radical (unpaired) electrons. The standard InChI is InChI=1S/C12H20N2OS2/c1-4-14-10(15)7-17-12(9(3)13)11-8(2)5-6-16-11/h5-6,9,12H,4,7,13H2,1-3H3,(H,14,15). The Morgan fingerprint density at radius 2 is 2.35 bits per heavy atom. The first kappa shape index (κ1) is 14.5. The van der Waals surface area contributed by atoms with Gasteiger partial charge in [-0.15, -0.1) is 23.1 Å². The van der Waals surface area contributed by atoms with Gasteiger partial charge in [-0.05, 0) is 37.8 Å². The van der Waals surface area contributed by atoms with Gasteiger partial charge in [0.15, 0.2) is 0 Å². The zero-order chi connectivity index (χ0) is 12.8. The van der Waals surface area contributed by atoms with Gasteiger partial charge >= 0.3 is 0 Å². The second-order valence-corrected chi connectivity index (χ2v) is 6.09. The molecule has 1 rings (SSSR count). The summed E-state index contributed by atoms with van der Waals surface area (Å²) in [7, 11) is 0. The number of nitrogens with one attached hydrogen (secondary N) is 1. The van der Waals surface area contributed by atoms with E-state index in [-0.39, 0.29) is 17.2 Å². The van der Waals surface area contributed by atoms with Crippen molar-refractivity contribution in [3.8, 4) is 0 Å². The van der Waals surface area contributed by atoms with Crippen molar-refractivity contribution >= 4 is 29.0 Å². The first-order chi connectivity index (χ1) is 8.06. The molecule has 2 atom stereocenters. The summed E-state index contributed by atoms with van der Waals surface area (Å²) in [6.45, 7) is 6.69. The van der Waals surface area contributed by atoms with Crippen molar-refractivity contribution in [2.45, 2.75) is 32.1 Å². The fourth-order valence-corrected chi connectivity index (χ4v) is 4.02. The maximum atomic E-state index is 11.5. The van der Waals surface area contributed by atoms with E-state index in [9.17, 15) is 4.79 Å². The van der Waals surface area contributed by atoms with E-state index in [0.717, 1.165) is 0 Å². The normalized spacial score (nSPS) is 14.4. The summed E-state index contributed by atoms with van der Waals surface area (Å²) in [5.41, 5.74) is 7.28. The lowest BCUT2D eigenvalue weighted by Gasteiger charge is -2.19. The molecule has 0 saturated carbocycles. The van der Waals surface area contributed by atoms with Crippen molar-refractivity contribution in [3.05, 3.63) is 21.9 Å². The number of thiophene rings is 1. The Bertz CT molecular complexity index is 363. The molecule has 1 aromatic heterocycles. The van der Waals surface area contributed by atoms with Gasteiger partial charge < -0.3 is 11.1 Å². The largest absolute Gasteiger partial charge is 0.356 e. The SMILES string of the molecule is CCNC(=O)CSC(c1sccc1C)C(C)N. The molecule has 0 fully saturated rings. The molecular formula is C12H20N2OS2. The Morgan fingerprint density at radius 3 is 2.82 bits per heavy atom. The van der Waals surface area contributed by atoms with E-state index in [1.165, 1.54) is 10.4 Å². The average molecular weight is 272 g/mol. The van der Waals surface area contributed by atoms with Gasteiger partial charge in [0.25, 0.3) is 0 Å². The molecular weight excluding hydrogens is 252 g/mol. The molecule has 1 aromatic rings. The maximum absolute atomic E-state index is 11.5. The van der Waals surface area contributed by atoms with E-state index in [4.69, 9.17) is 5.73 Å². The molecule has 3 N–H and O–H groups in total. The van der Waals surface area contributed by atoms with Crippen molar-refractivity contribution in [1.82, 2.24) is 5.32 Å². The van der Waals surface area contributed by atoms with Gasteiger partial charge in [0.05, 0.1) is 11.0 Å². The molecule has 5 heteroatoms. The zero-order valence-corrected chi connectivity index (χ0v) is 12.2. The van der Waals surface area contributed by atoms with Crippen LogP contribution in [0.15, 0.2) is 11.4 Å². The van der Waals surface area contributed by atoms with Crippen LogP contribution in [0, 0.1) is 6.92 Å². The monoisotopic (exact) mass is 272 g/mol. The minimum Gasteiger partial charge on any atom is -0.356 e. The lowest BCUT2D eigenvalue weighted by Crippen LogP contribution is -2.27. The third-order valence-corrected chi connectivity index (χ3v) is 5.11. The van der Waals surface area contributed by atoms with E-state index < -0.39 is 0 Å². The van der Waals surface area contributed by atoms with E-state index >= 15 is 0 Å². The predicted molar refractivity (Wildman–Crippen MR) is 76.6 cm³/mol. The Morgan fingerprint density at radius 1 is 1.65 bits per heavy atom. The fraction of sp³-hybridized carbons (Fsp3) is 0.583. The number of carbonyl (C=O) groups excluding carboxylic acids is 1. The van der Waals surface area contributed by atoms with Gasteiger partial charge in [-0.25, -0.2) is 0 Å². The summed E-state index contributed by atoms with van der Waals surface area (Å²) in [6, 6.07) is 2.15. The van der Waals surface area contributed by atoms with Crippen LogP contribution in [0.1, 0.15) is 29.5 Å². The van der Waals surface area contributed by atoms with Crippen LogP contribution in [0.5, 0.6) is 0 Å². The number of rotatable bonds is 6. The minimum atomic E-state index is 0.0479. The van der Waals surface area contributed by atoms with Crippen molar-refractivity contribution in [2.75, 3.05) is 12.3 Å². The molecule has 3 nitrogen and oxygen atoms in total.